The van der Waals surface area contributed by atoms with Gasteiger partial charge in [0.2, 0.25) is 0 Å². The molecule has 2 N–H and O–H groups in total. The van der Waals surface area contributed by atoms with Crippen LogP contribution in [-0.4, -0.2) is 18.0 Å². The molecule has 78 valence electrons. The van der Waals surface area contributed by atoms with Crippen LogP contribution in [0.2, 0.25) is 5.22 Å². The molecule has 3 nitrogen and oxygen atoms in total. The molecular formula is C10H15ClN2O. The Morgan fingerprint density at radius 1 is 1.43 bits per heavy atom. The van der Waals surface area contributed by atoms with Gasteiger partial charge in [0.05, 0.1) is 6.54 Å². The Morgan fingerprint density at radius 2 is 2.14 bits per heavy atom. The van der Waals surface area contributed by atoms with Crippen molar-refractivity contribution >= 4 is 11.6 Å². The van der Waals surface area contributed by atoms with Gasteiger partial charge in [-0.15, -0.1) is 0 Å². The number of hydrogen-bond acceptors (Lipinski definition) is 3. The van der Waals surface area contributed by atoms with E-state index in [1.807, 2.05) is 6.07 Å². The summed E-state index contributed by atoms with van der Waals surface area (Å²) < 4.78 is 5.29. The zero-order chi connectivity index (χ0) is 9.97. The first-order chi connectivity index (χ1) is 6.79. The van der Waals surface area contributed by atoms with Gasteiger partial charge in [0.25, 0.3) is 0 Å². The van der Waals surface area contributed by atoms with E-state index in [4.69, 9.17) is 21.8 Å². The van der Waals surface area contributed by atoms with E-state index in [0.29, 0.717) is 11.8 Å². The molecule has 0 atom stereocenters. The van der Waals surface area contributed by atoms with Crippen LogP contribution in [-0.2, 0) is 13.1 Å². The molecule has 1 fully saturated rings. The molecule has 1 aliphatic heterocycles. The third kappa shape index (κ3) is 2.11. The van der Waals surface area contributed by atoms with E-state index in [1.54, 1.807) is 0 Å². The SMILES string of the molecule is NCc1cc(CN2CCCC2)c(Cl)o1. The molecule has 0 unspecified atom stereocenters. The average Bonchev–Trinajstić information content (AvgIpc) is 2.78. The third-order valence-corrected chi connectivity index (χ3v) is 2.92. The minimum atomic E-state index is 0.416. The summed E-state index contributed by atoms with van der Waals surface area (Å²) in [4.78, 5) is 2.39. The predicted molar refractivity (Wildman–Crippen MR) is 56.1 cm³/mol. The quantitative estimate of drug-likeness (QED) is 0.837. The van der Waals surface area contributed by atoms with Crippen LogP contribution in [0.15, 0.2) is 10.5 Å². The van der Waals surface area contributed by atoms with Gasteiger partial charge in [-0.05, 0) is 43.6 Å². The lowest BCUT2D eigenvalue weighted by Gasteiger charge is -2.12. The van der Waals surface area contributed by atoms with Crippen LogP contribution in [0.5, 0.6) is 0 Å². The Hall–Kier alpha value is -0.510. The van der Waals surface area contributed by atoms with Crippen molar-refractivity contribution in [3.8, 4) is 0 Å². The van der Waals surface area contributed by atoms with E-state index >= 15 is 0 Å². The van der Waals surface area contributed by atoms with Crippen LogP contribution in [0.3, 0.4) is 0 Å². The first-order valence-electron chi connectivity index (χ1n) is 4.99. The zero-order valence-electron chi connectivity index (χ0n) is 8.13. The molecule has 1 aromatic rings. The number of likely N-dealkylation sites (tertiary alicyclic amines) is 1. The molecule has 4 heteroatoms. The summed E-state index contributed by atoms with van der Waals surface area (Å²) in [6.45, 7) is 3.64. The van der Waals surface area contributed by atoms with Crippen molar-refractivity contribution in [1.82, 2.24) is 4.90 Å². The van der Waals surface area contributed by atoms with Crippen LogP contribution < -0.4 is 5.73 Å². The van der Waals surface area contributed by atoms with Gasteiger partial charge < -0.3 is 10.2 Å². The summed E-state index contributed by atoms with van der Waals surface area (Å²) in [5, 5.41) is 0.498. The molecule has 1 aromatic heterocycles. The van der Waals surface area contributed by atoms with E-state index in [9.17, 15) is 0 Å². The van der Waals surface area contributed by atoms with Gasteiger partial charge in [-0.2, -0.15) is 0 Å². The van der Waals surface area contributed by atoms with Crippen molar-refractivity contribution in [2.24, 2.45) is 5.73 Å². The normalized spacial score (nSPS) is 17.9. The first-order valence-corrected chi connectivity index (χ1v) is 5.37. The maximum atomic E-state index is 5.95. The van der Waals surface area contributed by atoms with E-state index in [1.165, 1.54) is 25.9 Å². The van der Waals surface area contributed by atoms with Gasteiger partial charge in [0, 0.05) is 12.1 Å². The van der Waals surface area contributed by atoms with Crippen LogP contribution in [0.25, 0.3) is 0 Å². The predicted octanol–water partition coefficient (Wildman–Crippen LogP) is 1.99. The fraction of sp³-hybridized carbons (Fsp3) is 0.600. The highest BCUT2D eigenvalue weighted by atomic mass is 35.5. The van der Waals surface area contributed by atoms with Crippen LogP contribution in [0, 0.1) is 0 Å². The largest absolute Gasteiger partial charge is 0.448 e. The molecule has 0 aliphatic carbocycles. The summed E-state index contributed by atoms with van der Waals surface area (Å²) in [7, 11) is 0. The molecule has 2 rings (SSSR count). The number of hydrogen-bond donors (Lipinski definition) is 1. The van der Waals surface area contributed by atoms with Crippen molar-refractivity contribution in [2.75, 3.05) is 13.1 Å². The van der Waals surface area contributed by atoms with Gasteiger partial charge >= 0.3 is 0 Å². The lowest BCUT2D eigenvalue weighted by atomic mass is 10.3. The number of halogens is 1. The Bertz CT molecular complexity index is 305. The number of rotatable bonds is 3. The molecule has 1 aliphatic rings. The molecule has 0 amide bonds. The maximum absolute atomic E-state index is 5.95. The highest BCUT2D eigenvalue weighted by molar-refractivity contribution is 6.29. The summed E-state index contributed by atoms with van der Waals surface area (Å²) in [6, 6.07) is 1.96. The molecule has 14 heavy (non-hydrogen) atoms. The maximum Gasteiger partial charge on any atom is 0.197 e. The van der Waals surface area contributed by atoms with E-state index in [0.717, 1.165) is 17.9 Å². The number of nitrogens with zero attached hydrogens (tertiary/aromatic N) is 1. The Labute approximate surface area is 88.8 Å². The van der Waals surface area contributed by atoms with Crippen molar-refractivity contribution in [3.63, 3.8) is 0 Å². The minimum absolute atomic E-state index is 0.416. The molecule has 1 saturated heterocycles. The number of nitrogens with two attached hydrogens (primary N) is 1. The summed E-state index contributed by atoms with van der Waals surface area (Å²) in [6.07, 6.45) is 2.58. The second-order valence-corrected chi connectivity index (χ2v) is 4.04. The second-order valence-electron chi connectivity index (χ2n) is 3.70. The van der Waals surface area contributed by atoms with Crippen molar-refractivity contribution in [3.05, 3.63) is 22.6 Å². The Kier molecular flexibility index (Phi) is 3.11. The lowest BCUT2D eigenvalue weighted by Crippen LogP contribution is -2.18. The summed E-state index contributed by atoms with van der Waals surface area (Å²) in [5.41, 5.74) is 6.54. The van der Waals surface area contributed by atoms with Crippen molar-refractivity contribution < 1.29 is 4.42 Å². The molecular weight excluding hydrogens is 200 g/mol. The van der Waals surface area contributed by atoms with Crippen molar-refractivity contribution in [1.29, 1.82) is 0 Å². The molecule has 2 heterocycles. The van der Waals surface area contributed by atoms with E-state index in [-0.39, 0.29) is 0 Å². The molecule has 0 aromatic carbocycles. The average molecular weight is 215 g/mol. The first kappa shape index (κ1) is 10.0. The van der Waals surface area contributed by atoms with E-state index < -0.39 is 0 Å². The zero-order valence-corrected chi connectivity index (χ0v) is 8.89. The van der Waals surface area contributed by atoms with Crippen LogP contribution >= 0.6 is 11.6 Å². The molecule has 0 saturated carbocycles. The topological polar surface area (TPSA) is 42.4 Å². The standard InChI is InChI=1S/C10H15ClN2O/c11-10-8(5-9(6-12)14-10)7-13-3-1-2-4-13/h5H,1-4,6-7,12H2. The fourth-order valence-electron chi connectivity index (χ4n) is 1.85. The Balaban J connectivity index is 2.03. The third-order valence-electron chi connectivity index (χ3n) is 2.60. The smallest absolute Gasteiger partial charge is 0.197 e. The minimum Gasteiger partial charge on any atom is -0.448 e. The fourth-order valence-corrected chi connectivity index (χ4v) is 2.06. The van der Waals surface area contributed by atoms with Gasteiger partial charge in [-0.1, -0.05) is 0 Å². The highest BCUT2D eigenvalue weighted by Crippen LogP contribution is 2.23. The van der Waals surface area contributed by atoms with Crippen LogP contribution in [0.4, 0.5) is 0 Å². The Morgan fingerprint density at radius 3 is 2.71 bits per heavy atom. The monoisotopic (exact) mass is 214 g/mol. The van der Waals surface area contributed by atoms with Crippen LogP contribution in [0.1, 0.15) is 24.2 Å². The lowest BCUT2D eigenvalue weighted by molar-refractivity contribution is 0.330. The summed E-state index contributed by atoms with van der Waals surface area (Å²) >= 11 is 5.95. The van der Waals surface area contributed by atoms with Gasteiger partial charge in [-0.25, -0.2) is 0 Å². The van der Waals surface area contributed by atoms with E-state index in [2.05, 4.69) is 4.90 Å². The number of furan rings is 1. The van der Waals surface area contributed by atoms with Gasteiger partial charge in [0.15, 0.2) is 5.22 Å². The molecule has 0 bridgehead atoms. The van der Waals surface area contributed by atoms with Gasteiger partial charge in [0.1, 0.15) is 5.76 Å². The molecule has 0 spiro atoms. The van der Waals surface area contributed by atoms with Crippen molar-refractivity contribution in [2.45, 2.75) is 25.9 Å². The summed E-state index contributed by atoms with van der Waals surface area (Å²) in [5.74, 6) is 0.768. The second kappa shape index (κ2) is 4.34. The molecule has 0 radical (unpaired) electrons. The highest BCUT2D eigenvalue weighted by Gasteiger charge is 2.15. The van der Waals surface area contributed by atoms with Gasteiger partial charge in [-0.3, -0.25) is 4.90 Å².